The number of anilines is 2. The Kier molecular flexibility index (Phi) is 6.85. The number of rotatable bonds is 6. The van der Waals surface area contributed by atoms with E-state index in [9.17, 15) is 8.78 Å². The first kappa shape index (κ1) is 22.2. The molecule has 9 nitrogen and oxygen atoms in total. The van der Waals surface area contributed by atoms with Crippen LogP contribution in [0.5, 0.6) is 0 Å². The Morgan fingerprint density at radius 3 is 2.81 bits per heavy atom. The summed E-state index contributed by atoms with van der Waals surface area (Å²) in [5.74, 6) is 0.957. The van der Waals surface area contributed by atoms with Crippen LogP contribution in [0.25, 0.3) is 17.0 Å². The monoisotopic (exact) mass is 430 g/mol. The molecule has 0 bridgehead atoms. The molecule has 0 radical (unpaired) electrons. The summed E-state index contributed by atoms with van der Waals surface area (Å²) >= 11 is 0. The molecule has 3 heterocycles. The Hall–Kier alpha value is -3.47. The van der Waals surface area contributed by atoms with Gasteiger partial charge in [0.2, 0.25) is 5.95 Å². The lowest BCUT2D eigenvalue weighted by Crippen LogP contribution is -2.44. The number of nitrogen functional groups attached to an aromatic ring is 1. The quantitative estimate of drug-likeness (QED) is 0.529. The molecular formula is C20H24F2N8O. The van der Waals surface area contributed by atoms with E-state index in [4.69, 9.17) is 16.2 Å². The number of halogens is 2. The van der Waals surface area contributed by atoms with Crippen LogP contribution in [0.2, 0.25) is 0 Å². The molecule has 1 aliphatic rings. The number of aromatic nitrogens is 4. The molecule has 0 unspecified atom stereocenters. The summed E-state index contributed by atoms with van der Waals surface area (Å²) in [5.41, 5.74) is 11.7. The summed E-state index contributed by atoms with van der Waals surface area (Å²) in [4.78, 5) is 23.0. The first-order valence-electron chi connectivity index (χ1n) is 9.55. The smallest absolute Gasteiger partial charge is 0.264 e. The largest absolute Gasteiger partial charge is 0.384 e. The second-order valence-corrected chi connectivity index (χ2v) is 7.00. The maximum atomic E-state index is 13.7. The van der Waals surface area contributed by atoms with Gasteiger partial charge in [0.15, 0.2) is 11.6 Å². The Bertz CT molecular complexity index is 1020. The van der Waals surface area contributed by atoms with Crippen LogP contribution in [0, 0.1) is 0 Å². The summed E-state index contributed by atoms with van der Waals surface area (Å²) in [6, 6.07) is 1.13. The molecule has 0 amide bonds. The fourth-order valence-corrected chi connectivity index (χ4v) is 3.01. The third-order valence-electron chi connectivity index (χ3n) is 4.72. The van der Waals surface area contributed by atoms with Crippen molar-refractivity contribution in [2.24, 2.45) is 10.7 Å². The highest BCUT2D eigenvalue weighted by Crippen LogP contribution is 2.31. The number of aliphatic imine (C=N–C) groups is 1. The van der Waals surface area contributed by atoms with Crippen LogP contribution in [0.15, 0.2) is 35.2 Å². The summed E-state index contributed by atoms with van der Waals surface area (Å²) < 4.78 is 32.9. The molecule has 0 spiro atoms. The minimum Gasteiger partial charge on any atom is -0.384 e. The Morgan fingerprint density at radius 1 is 1.35 bits per heavy atom. The number of alkyl halides is 2. The average molecular weight is 430 g/mol. The molecular weight excluding hydrogens is 406 g/mol. The van der Waals surface area contributed by atoms with Crippen LogP contribution >= 0.6 is 0 Å². The molecule has 2 aromatic heterocycles. The Morgan fingerprint density at radius 2 is 2.13 bits per heavy atom. The second kappa shape index (κ2) is 9.56. The zero-order valence-electron chi connectivity index (χ0n) is 17.3. The van der Waals surface area contributed by atoms with Crippen molar-refractivity contribution < 1.29 is 13.5 Å². The highest BCUT2D eigenvalue weighted by Gasteiger charge is 2.25. The van der Waals surface area contributed by atoms with Gasteiger partial charge in [-0.2, -0.15) is 9.97 Å². The Balaban J connectivity index is 2.17. The van der Waals surface area contributed by atoms with Crippen LogP contribution in [0.3, 0.4) is 0 Å². The predicted octanol–water partition coefficient (Wildman–Crippen LogP) is 2.58. The normalized spacial score (nSPS) is 17.8. The van der Waals surface area contributed by atoms with Crippen LogP contribution < -0.4 is 16.4 Å². The van der Waals surface area contributed by atoms with Gasteiger partial charge in [-0.15, -0.1) is 0 Å². The molecule has 11 heteroatoms. The Labute approximate surface area is 178 Å². The second-order valence-electron chi connectivity index (χ2n) is 7.00. The van der Waals surface area contributed by atoms with Gasteiger partial charge in [-0.3, -0.25) is 0 Å². The van der Waals surface area contributed by atoms with Gasteiger partial charge in [-0.05, 0) is 38.3 Å². The van der Waals surface area contributed by atoms with E-state index in [-0.39, 0.29) is 34.6 Å². The molecule has 31 heavy (non-hydrogen) atoms. The van der Waals surface area contributed by atoms with Gasteiger partial charge in [0.05, 0.1) is 19.3 Å². The molecule has 1 atom stereocenters. The maximum Gasteiger partial charge on any atom is 0.264 e. The zero-order chi connectivity index (χ0) is 22.5. The summed E-state index contributed by atoms with van der Waals surface area (Å²) in [7, 11) is 0. The number of pyridine rings is 1. The number of morpholine rings is 1. The van der Waals surface area contributed by atoms with Gasteiger partial charge in [-0.1, -0.05) is 6.08 Å². The molecule has 1 fully saturated rings. The third kappa shape index (κ3) is 5.18. The lowest BCUT2D eigenvalue weighted by molar-refractivity contribution is 0.0980. The fourth-order valence-electron chi connectivity index (χ4n) is 3.01. The standard InChI is InChI=1S/C20H24F2N8O/c1-11(4-5-15(23)25-3)18-27-19(14-9-26-16(24)8-13(14)17(21)22)29-20(28-18)30-6-7-31-10-12(30)2/h4-5,8-9,12,17H,3,6-7,10,23H2,1-2H3,(H2,24,26)/b11-4+,15-5-/t12-/m1/s1. The van der Waals surface area contributed by atoms with Gasteiger partial charge in [0.25, 0.3) is 6.43 Å². The molecule has 4 N–H and O–H groups in total. The van der Waals surface area contributed by atoms with Crippen molar-refractivity contribution in [1.82, 2.24) is 19.9 Å². The third-order valence-corrected chi connectivity index (χ3v) is 4.72. The van der Waals surface area contributed by atoms with Crippen molar-refractivity contribution in [3.05, 3.63) is 41.6 Å². The highest BCUT2D eigenvalue weighted by atomic mass is 19.3. The van der Waals surface area contributed by atoms with E-state index in [2.05, 4.69) is 31.6 Å². The minimum absolute atomic E-state index is 0.000698. The molecule has 1 saturated heterocycles. The van der Waals surface area contributed by atoms with Crippen LogP contribution in [0.4, 0.5) is 20.5 Å². The summed E-state index contributed by atoms with van der Waals surface area (Å²) in [6.45, 7) is 8.67. The number of nitrogens with two attached hydrogens (primary N) is 2. The van der Waals surface area contributed by atoms with Crippen LogP contribution in [-0.2, 0) is 4.74 Å². The first-order valence-corrected chi connectivity index (χ1v) is 9.55. The number of hydrogen-bond donors (Lipinski definition) is 2. The molecule has 0 aromatic carbocycles. The van der Waals surface area contributed by atoms with E-state index in [1.54, 1.807) is 19.1 Å². The molecule has 0 saturated carbocycles. The van der Waals surface area contributed by atoms with Gasteiger partial charge < -0.3 is 21.1 Å². The first-order chi connectivity index (χ1) is 14.8. The minimum atomic E-state index is -2.77. The van der Waals surface area contributed by atoms with E-state index in [0.717, 1.165) is 6.07 Å². The molecule has 0 aliphatic carbocycles. The molecule has 164 valence electrons. The predicted molar refractivity (Wildman–Crippen MR) is 116 cm³/mol. The number of hydrogen-bond acceptors (Lipinski definition) is 9. The van der Waals surface area contributed by atoms with Crippen molar-refractivity contribution in [1.29, 1.82) is 0 Å². The van der Waals surface area contributed by atoms with Crippen molar-refractivity contribution in [3.8, 4) is 11.4 Å². The van der Waals surface area contributed by atoms with E-state index in [1.165, 1.54) is 6.20 Å². The van der Waals surface area contributed by atoms with Crippen molar-refractivity contribution >= 4 is 24.1 Å². The SMILES string of the molecule is C=N/C(N)=C\C=C(/C)c1nc(-c2cnc(N)cc2C(F)F)nc(N2CCOC[C@H]2C)n1. The molecule has 3 rings (SSSR count). The highest BCUT2D eigenvalue weighted by molar-refractivity contribution is 5.67. The average Bonchev–Trinajstić information content (AvgIpc) is 2.77. The van der Waals surface area contributed by atoms with Gasteiger partial charge in [-0.25, -0.2) is 23.7 Å². The van der Waals surface area contributed by atoms with Crippen molar-refractivity contribution in [3.63, 3.8) is 0 Å². The molecule has 1 aliphatic heterocycles. The number of allylic oxidation sites excluding steroid dienone is 3. The van der Waals surface area contributed by atoms with E-state index >= 15 is 0 Å². The zero-order valence-corrected chi connectivity index (χ0v) is 17.3. The number of ether oxygens (including phenoxy) is 1. The maximum absolute atomic E-state index is 13.7. The van der Waals surface area contributed by atoms with Crippen molar-refractivity contribution in [2.75, 3.05) is 30.4 Å². The van der Waals surface area contributed by atoms with E-state index in [0.29, 0.717) is 37.1 Å². The van der Waals surface area contributed by atoms with Gasteiger partial charge in [0.1, 0.15) is 11.6 Å². The van der Waals surface area contributed by atoms with Gasteiger partial charge >= 0.3 is 0 Å². The summed E-state index contributed by atoms with van der Waals surface area (Å²) in [5, 5.41) is 0. The lowest BCUT2D eigenvalue weighted by Gasteiger charge is -2.33. The topological polar surface area (TPSA) is 128 Å². The van der Waals surface area contributed by atoms with Gasteiger partial charge in [0, 0.05) is 23.9 Å². The summed E-state index contributed by atoms with van der Waals surface area (Å²) in [6.07, 6.45) is 1.70. The fraction of sp³-hybridized carbons (Fsp3) is 0.350. The van der Waals surface area contributed by atoms with E-state index < -0.39 is 6.43 Å². The lowest BCUT2D eigenvalue weighted by atomic mass is 10.1. The number of nitrogens with zero attached hydrogens (tertiary/aromatic N) is 6. The van der Waals surface area contributed by atoms with E-state index in [1.807, 2.05) is 11.8 Å². The molecule has 2 aromatic rings. The van der Waals surface area contributed by atoms with Crippen LogP contribution in [0.1, 0.15) is 31.7 Å². The van der Waals surface area contributed by atoms with Crippen LogP contribution in [-0.4, -0.2) is 52.5 Å². The van der Waals surface area contributed by atoms with Crippen molar-refractivity contribution in [2.45, 2.75) is 26.3 Å².